The normalized spacial score (nSPS) is 10.4. The van der Waals surface area contributed by atoms with Gasteiger partial charge in [-0.3, -0.25) is 0 Å². The molecule has 0 aliphatic heterocycles. The van der Waals surface area contributed by atoms with Crippen molar-refractivity contribution in [2.75, 3.05) is 0 Å². The van der Waals surface area contributed by atoms with Crippen molar-refractivity contribution < 1.29 is 4.52 Å². The van der Waals surface area contributed by atoms with Crippen LogP contribution in [0, 0.1) is 0 Å². The molecule has 0 unspecified atom stereocenters. The van der Waals surface area contributed by atoms with E-state index in [0.717, 1.165) is 23.3 Å². The smallest absolute Gasteiger partial charge is 0.175 e. The molecule has 2 aromatic rings. The largest absolute Gasteiger partial charge is 0.354 e. The predicted octanol–water partition coefficient (Wildman–Crippen LogP) is 3.56. The maximum absolute atomic E-state index is 5.89. The van der Waals surface area contributed by atoms with E-state index in [-0.39, 0.29) is 0 Å². The molecule has 0 saturated carbocycles. The van der Waals surface area contributed by atoms with E-state index in [4.69, 9.17) is 16.1 Å². The zero-order valence-corrected chi connectivity index (χ0v) is 8.58. The predicted molar refractivity (Wildman–Crippen MR) is 56.3 cm³/mol. The molecule has 1 heterocycles. The summed E-state index contributed by atoms with van der Waals surface area (Å²) in [5.74, 6) is 0.776. The Balaban J connectivity index is 2.52. The number of halogens is 1. The van der Waals surface area contributed by atoms with Crippen LogP contribution in [0.5, 0.6) is 0 Å². The van der Waals surface area contributed by atoms with Gasteiger partial charge in [0, 0.05) is 11.1 Å². The Hall–Kier alpha value is -1.28. The van der Waals surface area contributed by atoms with Gasteiger partial charge in [0.05, 0.1) is 0 Å². The third kappa shape index (κ3) is 1.53. The van der Waals surface area contributed by atoms with Crippen molar-refractivity contribution in [1.29, 1.82) is 0 Å². The van der Waals surface area contributed by atoms with E-state index in [1.165, 1.54) is 0 Å². The van der Waals surface area contributed by atoms with Gasteiger partial charge in [-0.25, -0.2) is 0 Å². The quantitative estimate of drug-likeness (QED) is 0.753. The second-order valence-corrected chi connectivity index (χ2v) is 3.36. The van der Waals surface area contributed by atoms with Gasteiger partial charge in [-0.2, -0.15) is 0 Å². The topological polar surface area (TPSA) is 26.0 Å². The van der Waals surface area contributed by atoms with Crippen LogP contribution < -0.4 is 0 Å². The molecule has 0 fully saturated rings. The molecular formula is C11H10ClNO. The minimum absolute atomic E-state index is 0.464. The molecule has 0 radical (unpaired) electrons. The molecule has 14 heavy (non-hydrogen) atoms. The van der Waals surface area contributed by atoms with Crippen LogP contribution in [0.3, 0.4) is 0 Å². The molecule has 0 N–H and O–H groups in total. The van der Waals surface area contributed by atoms with Crippen molar-refractivity contribution in [3.8, 4) is 11.3 Å². The molecular weight excluding hydrogens is 198 g/mol. The van der Waals surface area contributed by atoms with E-state index in [0.29, 0.717) is 5.15 Å². The van der Waals surface area contributed by atoms with E-state index in [1.807, 2.05) is 37.3 Å². The van der Waals surface area contributed by atoms with Gasteiger partial charge in [0.1, 0.15) is 0 Å². The summed E-state index contributed by atoms with van der Waals surface area (Å²) >= 11 is 5.89. The number of rotatable bonds is 2. The summed E-state index contributed by atoms with van der Waals surface area (Å²) in [6.07, 6.45) is 0.826. The number of aromatic nitrogens is 1. The summed E-state index contributed by atoms with van der Waals surface area (Å²) in [6.45, 7) is 2.03. The first kappa shape index (κ1) is 9.28. The number of benzene rings is 1. The SMILES string of the molecule is CCc1c(Cl)noc1-c1ccccc1. The lowest BCUT2D eigenvalue weighted by Crippen LogP contribution is -1.82. The van der Waals surface area contributed by atoms with Crippen molar-refractivity contribution in [2.24, 2.45) is 0 Å². The Morgan fingerprint density at radius 2 is 2.00 bits per heavy atom. The van der Waals surface area contributed by atoms with E-state index in [1.54, 1.807) is 0 Å². The minimum Gasteiger partial charge on any atom is -0.354 e. The highest BCUT2D eigenvalue weighted by Crippen LogP contribution is 2.28. The van der Waals surface area contributed by atoms with Gasteiger partial charge in [0.2, 0.25) is 0 Å². The van der Waals surface area contributed by atoms with Crippen LogP contribution >= 0.6 is 11.6 Å². The number of hydrogen-bond acceptors (Lipinski definition) is 2. The van der Waals surface area contributed by atoms with Crippen molar-refractivity contribution in [3.63, 3.8) is 0 Å². The molecule has 1 aromatic heterocycles. The zero-order valence-electron chi connectivity index (χ0n) is 7.83. The Morgan fingerprint density at radius 1 is 1.29 bits per heavy atom. The van der Waals surface area contributed by atoms with E-state index < -0.39 is 0 Å². The Kier molecular flexibility index (Phi) is 2.55. The van der Waals surface area contributed by atoms with Crippen LogP contribution in [0.15, 0.2) is 34.9 Å². The van der Waals surface area contributed by atoms with Crippen molar-refractivity contribution in [1.82, 2.24) is 5.16 Å². The highest BCUT2D eigenvalue weighted by molar-refractivity contribution is 6.30. The van der Waals surface area contributed by atoms with Gasteiger partial charge < -0.3 is 4.52 Å². The summed E-state index contributed by atoms with van der Waals surface area (Å²) in [7, 11) is 0. The van der Waals surface area contributed by atoms with Crippen LogP contribution in [-0.4, -0.2) is 5.16 Å². The molecule has 2 rings (SSSR count). The van der Waals surface area contributed by atoms with E-state index >= 15 is 0 Å². The Bertz CT molecular complexity index is 422. The summed E-state index contributed by atoms with van der Waals surface area (Å²) in [6, 6.07) is 9.86. The molecule has 1 aromatic carbocycles. The number of nitrogens with zero attached hydrogens (tertiary/aromatic N) is 1. The van der Waals surface area contributed by atoms with Gasteiger partial charge >= 0.3 is 0 Å². The second-order valence-electron chi connectivity index (χ2n) is 3.00. The fraction of sp³-hybridized carbons (Fsp3) is 0.182. The third-order valence-corrected chi connectivity index (χ3v) is 2.43. The first-order valence-corrected chi connectivity index (χ1v) is 4.90. The standard InChI is InChI=1S/C11H10ClNO/c1-2-9-10(14-13-11(9)12)8-6-4-3-5-7-8/h3-7H,2H2,1H3. The lowest BCUT2D eigenvalue weighted by molar-refractivity contribution is 0.432. The van der Waals surface area contributed by atoms with E-state index in [9.17, 15) is 0 Å². The molecule has 0 amide bonds. The maximum Gasteiger partial charge on any atom is 0.175 e. The molecule has 72 valence electrons. The average Bonchev–Trinajstić information content (AvgIpc) is 2.61. The fourth-order valence-electron chi connectivity index (χ4n) is 1.41. The maximum atomic E-state index is 5.89. The van der Waals surface area contributed by atoms with E-state index in [2.05, 4.69) is 5.16 Å². The zero-order chi connectivity index (χ0) is 9.97. The summed E-state index contributed by atoms with van der Waals surface area (Å²) < 4.78 is 5.19. The summed E-state index contributed by atoms with van der Waals surface area (Å²) in [5, 5.41) is 4.22. The average molecular weight is 208 g/mol. The van der Waals surface area contributed by atoms with Crippen LogP contribution in [0.1, 0.15) is 12.5 Å². The van der Waals surface area contributed by atoms with Crippen molar-refractivity contribution in [2.45, 2.75) is 13.3 Å². The van der Waals surface area contributed by atoms with Crippen molar-refractivity contribution in [3.05, 3.63) is 41.0 Å². The van der Waals surface area contributed by atoms with Crippen LogP contribution in [0.25, 0.3) is 11.3 Å². The second kappa shape index (κ2) is 3.84. The van der Waals surface area contributed by atoms with Gasteiger partial charge in [0.25, 0.3) is 0 Å². The summed E-state index contributed by atoms with van der Waals surface area (Å²) in [4.78, 5) is 0. The van der Waals surface area contributed by atoms with Gasteiger partial charge in [-0.05, 0) is 6.42 Å². The van der Waals surface area contributed by atoms with Gasteiger partial charge in [-0.15, -0.1) is 0 Å². The van der Waals surface area contributed by atoms with Gasteiger partial charge in [-0.1, -0.05) is 54.0 Å². The minimum atomic E-state index is 0.464. The first-order chi connectivity index (χ1) is 6.83. The number of hydrogen-bond donors (Lipinski definition) is 0. The highest BCUT2D eigenvalue weighted by atomic mass is 35.5. The molecule has 0 atom stereocenters. The van der Waals surface area contributed by atoms with Crippen LogP contribution in [-0.2, 0) is 6.42 Å². The lowest BCUT2D eigenvalue weighted by Gasteiger charge is -1.97. The molecule has 0 aliphatic rings. The molecule has 0 spiro atoms. The van der Waals surface area contributed by atoms with Crippen LogP contribution in [0.4, 0.5) is 0 Å². The molecule has 0 aliphatic carbocycles. The van der Waals surface area contributed by atoms with Crippen LogP contribution in [0.2, 0.25) is 5.15 Å². The fourth-order valence-corrected chi connectivity index (χ4v) is 1.67. The van der Waals surface area contributed by atoms with Crippen molar-refractivity contribution >= 4 is 11.6 Å². The monoisotopic (exact) mass is 207 g/mol. The molecule has 0 bridgehead atoms. The first-order valence-electron chi connectivity index (χ1n) is 4.52. The molecule has 0 saturated heterocycles. The lowest BCUT2D eigenvalue weighted by atomic mass is 10.1. The Labute approximate surface area is 87.5 Å². The summed E-state index contributed by atoms with van der Waals surface area (Å²) in [5.41, 5.74) is 1.99. The third-order valence-electron chi connectivity index (χ3n) is 2.13. The molecule has 3 heteroatoms. The molecule has 2 nitrogen and oxygen atoms in total. The Morgan fingerprint density at radius 3 is 2.64 bits per heavy atom. The highest BCUT2D eigenvalue weighted by Gasteiger charge is 2.13. The van der Waals surface area contributed by atoms with Gasteiger partial charge in [0.15, 0.2) is 10.9 Å².